The number of nitrogens with zero attached hydrogens (tertiary/aromatic N) is 2. The third-order valence-electron chi connectivity index (χ3n) is 5.37. The zero-order valence-corrected chi connectivity index (χ0v) is 20.2. The Kier molecular flexibility index (Phi) is 8.87. The molecule has 0 unspecified atom stereocenters. The van der Waals surface area contributed by atoms with Gasteiger partial charge in [-0.3, -0.25) is 29.8 Å². The van der Waals surface area contributed by atoms with Crippen molar-refractivity contribution in [2.45, 2.75) is 26.4 Å². The van der Waals surface area contributed by atoms with E-state index in [0.717, 1.165) is 18.6 Å². The highest BCUT2D eigenvalue weighted by Crippen LogP contribution is 2.20. The molecular formula is C26H26N4O7. The minimum atomic E-state index is -1.05. The van der Waals surface area contributed by atoms with Gasteiger partial charge in [-0.15, -0.1) is 0 Å². The molecule has 3 rings (SSSR count). The van der Waals surface area contributed by atoms with E-state index in [1.807, 2.05) is 0 Å². The third-order valence-corrected chi connectivity index (χ3v) is 5.37. The minimum Gasteiger partial charge on any atom is -0.494 e. The van der Waals surface area contributed by atoms with E-state index < -0.39 is 27.8 Å². The normalized spacial score (nSPS) is 10.7. The Bertz CT molecular complexity index is 1220. The lowest BCUT2D eigenvalue weighted by Gasteiger charge is -2.21. The van der Waals surface area contributed by atoms with Crippen molar-refractivity contribution in [1.82, 2.24) is 10.6 Å². The molecule has 0 aliphatic heterocycles. The number of benzene rings is 3. The van der Waals surface area contributed by atoms with Crippen LogP contribution >= 0.6 is 0 Å². The minimum absolute atomic E-state index is 0.0254. The number of non-ortho nitro benzene ring substituents is 2. The zero-order valence-electron chi connectivity index (χ0n) is 20.2. The summed E-state index contributed by atoms with van der Waals surface area (Å²) in [6.07, 6.45) is -0.175. The molecule has 0 aliphatic rings. The SMILES string of the molecule is CC(C)CCOc1ccc(C(NC(=O)c2cccc([N+](=O)[O-])c2)NC(=O)c2cccc([N+](=O)[O-])c2)cc1. The lowest BCUT2D eigenvalue weighted by Crippen LogP contribution is -2.41. The van der Waals surface area contributed by atoms with Gasteiger partial charge in [0, 0.05) is 35.4 Å². The highest BCUT2D eigenvalue weighted by molar-refractivity contribution is 5.97. The molecule has 0 bridgehead atoms. The lowest BCUT2D eigenvalue weighted by atomic mass is 10.1. The Hall–Kier alpha value is -4.80. The average Bonchev–Trinajstić information content (AvgIpc) is 2.88. The highest BCUT2D eigenvalue weighted by Gasteiger charge is 2.21. The Morgan fingerprint density at radius 2 is 1.30 bits per heavy atom. The summed E-state index contributed by atoms with van der Waals surface area (Å²) in [6, 6.07) is 17.1. The lowest BCUT2D eigenvalue weighted by molar-refractivity contribution is -0.385. The van der Waals surface area contributed by atoms with Crippen molar-refractivity contribution in [3.63, 3.8) is 0 Å². The quantitative estimate of drug-likeness (QED) is 0.215. The number of nitrogens with one attached hydrogen (secondary N) is 2. The van der Waals surface area contributed by atoms with E-state index in [4.69, 9.17) is 4.74 Å². The number of amides is 2. The van der Waals surface area contributed by atoms with Crippen molar-refractivity contribution in [2.75, 3.05) is 6.61 Å². The number of carbonyl (C=O) groups excluding carboxylic acids is 2. The Morgan fingerprint density at radius 3 is 1.73 bits per heavy atom. The van der Waals surface area contributed by atoms with Crippen LogP contribution < -0.4 is 15.4 Å². The second-order valence-corrected chi connectivity index (χ2v) is 8.59. The van der Waals surface area contributed by atoms with Crippen LogP contribution in [0.25, 0.3) is 0 Å². The van der Waals surface area contributed by atoms with Crippen LogP contribution in [0.15, 0.2) is 72.8 Å². The molecule has 0 heterocycles. The number of nitro groups is 2. The molecule has 0 aliphatic carbocycles. The summed E-state index contributed by atoms with van der Waals surface area (Å²) in [7, 11) is 0. The molecule has 2 amide bonds. The fourth-order valence-corrected chi connectivity index (χ4v) is 3.32. The predicted octanol–water partition coefficient (Wildman–Crippen LogP) is 4.79. The Balaban J connectivity index is 1.85. The van der Waals surface area contributed by atoms with E-state index in [-0.39, 0.29) is 22.5 Å². The second-order valence-electron chi connectivity index (χ2n) is 8.59. The number of hydrogen-bond donors (Lipinski definition) is 2. The summed E-state index contributed by atoms with van der Waals surface area (Å²) >= 11 is 0. The predicted molar refractivity (Wildman–Crippen MR) is 135 cm³/mol. The topological polar surface area (TPSA) is 154 Å². The summed E-state index contributed by atoms with van der Waals surface area (Å²) in [5.74, 6) is -0.231. The summed E-state index contributed by atoms with van der Waals surface area (Å²) < 4.78 is 5.72. The summed E-state index contributed by atoms with van der Waals surface area (Å²) in [6.45, 7) is 4.71. The van der Waals surface area contributed by atoms with E-state index in [0.29, 0.717) is 23.8 Å². The monoisotopic (exact) mass is 506 g/mol. The number of ether oxygens (including phenoxy) is 1. The van der Waals surface area contributed by atoms with Crippen LogP contribution in [0.2, 0.25) is 0 Å². The van der Waals surface area contributed by atoms with Gasteiger partial charge in [-0.05, 0) is 42.2 Å². The molecule has 3 aromatic rings. The van der Waals surface area contributed by atoms with Crippen molar-refractivity contribution in [2.24, 2.45) is 5.92 Å². The molecule has 192 valence electrons. The third kappa shape index (κ3) is 7.59. The molecule has 0 saturated heterocycles. The van der Waals surface area contributed by atoms with Crippen molar-refractivity contribution < 1.29 is 24.2 Å². The van der Waals surface area contributed by atoms with Crippen molar-refractivity contribution in [3.05, 3.63) is 110 Å². The standard InChI is InChI=1S/C26H26N4O7/c1-17(2)13-14-37-23-11-9-18(10-12-23)24(27-25(31)19-5-3-7-21(15-19)29(33)34)28-26(32)20-6-4-8-22(16-20)30(35)36/h3-12,15-17,24H,13-14H2,1-2H3,(H,27,31)(H,28,32). The number of rotatable bonds is 11. The van der Waals surface area contributed by atoms with Gasteiger partial charge < -0.3 is 15.4 Å². The first-order chi connectivity index (χ1) is 17.6. The maximum atomic E-state index is 12.9. The molecule has 0 aromatic heterocycles. The molecule has 11 heteroatoms. The van der Waals surface area contributed by atoms with E-state index in [9.17, 15) is 29.8 Å². The van der Waals surface area contributed by atoms with Crippen LogP contribution in [-0.2, 0) is 0 Å². The van der Waals surface area contributed by atoms with Crippen LogP contribution in [0, 0.1) is 26.1 Å². The summed E-state index contributed by atoms with van der Waals surface area (Å²) in [4.78, 5) is 46.8. The highest BCUT2D eigenvalue weighted by atomic mass is 16.6. The molecule has 2 N–H and O–H groups in total. The van der Waals surface area contributed by atoms with Gasteiger partial charge in [-0.2, -0.15) is 0 Å². The molecule has 0 radical (unpaired) electrons. The molecule has 0 fully saturated rings. The van der Waals surface area contributed by atoms with Crippen molar-refractivity contribution in [1.29, 1.82) is 0 Å². The average molecular weight is 507 g/mol. The fraction of sp³-hybridized carbons (Fsp3) is 0.231. The number of nitro benzene ring substituents is 2. The van der Waals surface area contributed by atoms with Crippen LogP contribution in [0.3, 0.4) is 0 Å². The molecule has 3 aromatic carbocycles. The van der Waals surface area contributed by atoms with Gasteiger partial charge in [0.25, 0.3) is 23.2 Å². The van der Waals surface area contributed by atoms with Gasteiger partial charge in [-0.1, -0.05) is 38.1 Å². The molecule has 0 saturated carbocycles. The molecule has 0 atom stereocenters. The van der Waals surface area contributed by atoms with Crippen LogP contribution in [0.4, 0.5) is 11.4 Å². The van der Waals surface area contributed by atoms with Gasteiger partial charge in [-0.25, -0.2) is 0 Å². The van der Waals surface area contributed by atoms with Crippen molar-refractivity contribution in [3.8, 4) is 5.75 Å². The first-order valence-corrected chi connectivity index (χ1v) is 11.5. The zero-order chi connectivity index (χ0) is 26.9. The fourth-order valence-electron chi connectivity index (χ4n) is 3.32. The van der Waals surface area contributed by atoms with Crippen LogP contribution in [0.5, 0.6) is 5.75 Å². The Labute approximate surface area is 212 Å². The first-order valence-electron chi connectivity index (χ1n) is 11.5. The van der Waals surface area contributed by atoms with Gasteiger partial charge in [0.1, 0.15) is 11.9 Å². The van der Waals surface area contributed by atoms with E-state index in [2.05, 4.69) is 24.5 Å². The number of hydrogen-bond acceptors (Lipinski definition) is 7. The largest absolute Gasteiger partial charge is 0.494 e. The van der Waals surface area contributed by atoms with E-state index >= 15 is 0 Å². The van der Waals surface area contributed by atoms with Crippen LogP contribution in [-0.4, -0.2) is 28.3 Å². The van der Waals surface area contributed by atoms with Gasteiger partial charge >= 0.3 is 0 Å². The van der Waals surface area contributed by atoms with E-state index in [1.54, 1.807) is 24.3 Å². The van der Waals surface area contributed by atoms with Crippen molar-refractivity contribution >= 4 is 23.2 Å². The molecule has 0 spiro atoms. The second kappa shape index (κ2) is 12.2. The number of carbonyl (C=O) groups is 2. The van der Waals surface area contributed by atoms with Gasteiger partial charge in [0.05, 0.1) is 16.5 Å². The summed E-state index contributed by atoms with van der Waals surface area (Å²) in [5.41, 5.74) is 0.0316. The van der Waals surface area contributed by atoms with Crippen LogP contribution in [0.1, 0.15) is 52.7 Å². The van der Waals surface area contributed by atoms with Gasteiger partial charge in [0.2, 0.25) is 0 Å². The Morgan fingerprint density at radius 1 is 0.811 bits per heavy atom. The molecule has 11 nitrogen and oxygen atoms in total. The molecule has 37 heavy (non-hydrogen) atoms. The smallest absolute Gasteiger partial charge is 0.270 e. The molecular weight excluding hydrogens is 480 g/mol. The van der Waals surface area contributed by atoms with E-state index in [1.165, 1.54) is 36.4 Å². The first kappa shape index (κ1) is 26.8. The summed E-state index contributed by atoms with van der Waals surface area (Å²) in [5, 5.41) is 27.5. The maximum Gasteiger partial charge on any atom is 0.270 e. The van der Waals surface area contributed by atoms with Gasteiger partial charge in [0.15, 0.2) is 0 Å². The maximum absolute atomic E-state index is 12.9.